The normalized spacial score (nSPS) is 14.2. The number of hydrogen-bond donors (Lipinski definition) is 2. The molecular weight excluding hydrogens is 649 g/mol. The monoisotopic (exact) mass is 724 g/mol. The van der Waals surface area contributed by atoms with Gasteiger partial charge in [0.2, 0.25) is 0 Å². The molecule has 9 heteroatoms. The number of phosphoric acid groups is 1. The Balaban J connectivity index is 4.19. The van der Waals surface area contributed by atoms with Gasteiger partial charge in [0.1, 0.15) is 6.10 Å². The van der Waals surface area contributed by atoms with Crippen LogP contribution >= 0.6 is 7.82 Å². The Kier molecular flexibility index (Phi) is 37.0. The third kappa shape index (κ3) is 37.5. The molecule has 0 saturated heterocycles. The summed E-state index contributed by atoms with van der Waals surface area (Å²) in [5, 5.41) is 0. The predicted octanol–water partition coefficient (Wildman–Crippen LogP) is 11.4. The van der Waals surface area contributed by atoms with Crippen molar-refractivity contribution in [3.8, 4) is 0 Å². The average Bonchev–Trinajstić information content (AvgIpc) is 3.10. The van der Waals surface area contributed by atoms with Crippen molar-refractivity contribution >= 4 is 13.8 Å². The van der Waals surface area contributed by atoms with Crippen molar-refractivity contribution in [3.63, 3.8) is 0 Å². The highest BCUT2D eigenvalue weighted by molar-refractivity contribution is 7.47. The minimum Gasteiger partial charge on any atom is -0.457 e. The van der Waals surface area contributed by atoms with Crippen LogP contribution in [0.5, 0.6) is 0 Å². The van der Waals surface area contributed by atoms with Gasteiger partial charge in [0, 0.05) is 19.6 Å². The van der Waals surface area contributed by atoms with E-state index in [0.29, 0.717) is 13.0 Å². The van der Waals surface area contributed by atoms with Crippen molar-refractivity contribution in [1.82, 2.24) is 0 Å². The number of carbonyl (C=O) groups is 1. The Labute approximate surface area is 306 Å². The smallest absolute Gasteiger partial charge is 0.457 e. The van der Waals surface area contributed by atoms with E-state index in [9.17, 15) is 14.3 Å². The number of esters is 1. The van der Waals surface area contributed by atoms with Crippen LogP contribution < -0.4 is 5.73 Å². The first-order valence-electron chi connectivity index (χ1n) is 19.8. The summed E-state index contributed by atoms with van der Waals surface area (Å²) in [6, 6.07) is 0. The van der Waals surface area contributed by atoms with E-state index in [-0.39, 0.29) is 38.8 Å². The Morgan fingerprint density at radius 3 is 1.60 bits per heavy atom. The lowest BCUT2D eigenvalue weighted by Crippen LogP contribution is -2.28. The molecule has 0 saturated carbocycles. The second-order valence-electron chi connectivity index (χ2n) is 12.8. The van der Waals surface area contributed by atoms with Crippen LogP contribution in [-0.2, 0) is 27.9 Å². The SMILES string of the molecule is CC/C=C\C/C=C\C/C=C\C/C=C\C/C=C\CCCC(=O)O[C@H](COCCCCCCCCCCCCCCCC)COP(=O)(O)OCCN. The molecule has 0 aromatic heterocycles. The summed E-state index contributed by atoms with van der Waals surface area (Å²) in [5.74, 6) is -0.387. The molecule has 0 heterocycles. The van der Waals surface area contributed by atoms with E-state index in [4.69, 9.17) is 24.3 Å². The van der Waals surface area contributed by atoms with E-state index in [1.54, 1.807) is 0 Å². The van der Waals surface area contributed by atoms with E-state index in [2.05, 4.69) is 74.6 Å². The van der Waals surface area contributed by atoms with E-state index in [1.807, 2.05) is 0 Å². The van der Waals surface area contributed by atoms with Crippen LogP contribution in [0.15, 0.2) is 60.8 Å². The number of ether oxygens (including phenoxy) is 2. The van der Waals surface area contributed by atoms with Crippen molar-refractivity contribution in [1.29, 1.82) is 0 Å². The van der Waals surface area contributed by atoms with Crippen LogP contribution in [0.4, 0.5) is 0 Å². The Morgan fingerprint density at radius 2 is 1.10 bits per heavy atom. The molecule has 0 bridgehead atoms. The van der Waals surface area contributed by atoms with Crippen molar-refractivity contribution < 1.29 is 32.8 Å². The standard InChI is InChI=1S/C41H74NO7P/c1-3-5-7-9-11-13-15-17-19-20-21-22-24-26-28-30-32-34-41(43)49-40(39-48-50(44,45)47-37-35-42)38-46-36-33-31-29-27-25-23-18-16-14-12-10-8-6-4-2/h5,7,11,13,17,19,21-22,26,28,40H,3-4,6,8-10,12,14-16,18,20,23-25,27,29-39,42H2,1-2H3,(H,44,45)/b7-5-,13-11-,19-17-,22-21-,28-26-/t40-/m1/s1. The first kappa shape index (κ1) is 48.2. The largest absolute Gasteiger partial charge is 0.472 e. The van der Waals surface area contributed by atoms with Crippen molar-refractivity contribution in [2.45, 2.75) is 161 Å². The summed E-state index contributed by atoms with van der Waals surface area (Å²) < 4.78 is 33.3. The minimum atomic E-state index is -4.29. The molecule has 3 N–H and O–H groups in total. The lowest BCUT2D eigenvalue weighted by Gasteiger charge is -2.20. The molecule has 0 aliphatic heterocycles. The molecule has 0 fully saturated rings. The number of unbranched alkanes of at least 4 members (excludes halogenated alkanes) is 14. The lowest BCUT2D eigenvalue weighted by atomic mass is 10.0. The van der Waals surface area contributed by atoms with Gasteiger partial charge < -0.3 is 20.1 Å². The molecule has 0 aliphatic carbocycles. The lowest BCUT2D eigenvalue weighted by molar-refractivity contribution is -0.154. The van der Waals surface area contributed by atoms with Crippen LogP contribution in [0.1, 0.15) is 155 Å². The second kappa shape index (κ2) is 38.4. The molecule has 0 aromatic rings. The number of allylic oxidation sites excluding steroid dienone is 10. The molecule has 0 amide bonds. The zero-order valence-corrected chi connectivity index (χ0v) is 32.8. The van der Waals surface area contributed by atoms with Crippen LogP contribution in [-0.4, -0.2) is 49.9 Å². The highest BCUT2D eigenvalue weighted by atomic mass is 31.2. The highest BCUT2D eigenvalue weighted by Crippen LogP contribution is 2.43. The zero-order chi connectivity index (χ0) is 36.6. The fraction of sp³-hybridized carbons (Fsp3) is 0.732. The fourth-order valence-electron chi connectivity index (χ4n) is 5.09. The van der Waals surface area contributed by atoms with Crippen LogP contribution in [0.25, 0.3) is 0 Å². The Hall–Kier alpha value is -1.80. The summed E-state index contributed by atoms with van der Waals surface area (Å²) in [5.41, 5.74) is 5.35. The molecule has 8 nitrogen and oxygen atoms in total. The molecule has 0 spiro atoms. The molecular formula is C41H74NO7P. The predicted molar refractivity (Wildman–Crippen MR) is 210 cm³/mol. The van der Waals surface area contributed by atoms with E-state index >= 15 is 0 Å². The van der Waals surface area contributed by atoms with Gasteiger partial charge in [-0.05, 0) is 51.4 Å². The summed E-state index contributed by atoms with van der Waals surface area (Å²) in [4.78, 5) is 22.4. The zero-order valence-electron chi connectivity index (χ0n) is 31.9. The van der Waals surface area contributed by atoms with Crippen LogP contribution in [0, 0.1) is 0 Å². The van der Waals surface area contributed by atoms with Gasteiger partial charge in [-0.2, -0.15) is 0 Å². The minimum absolute atomic E-state index is 0.0898. The topological polar surface area (TPSA) is 117 Å². The highest BCUT2D eigenvalue weighted by Gasteiger charge is 2.25. The Morgan fingerprint density at radius 1 is 0.620 bits per heavy atom. The first-order chi connectivity index (χ1) is 24.4. The van der Waals surface area contributed by atoms with Gasteiger partial charge in [0.05, 0.1) is 19.8 Å². The van der Waals surface area contributed by atoms with Crippen LogP contribution in [0.2, 0.25) is 0 Å². The van der Waals surface area contributed by atoms with Crippen molar-refractivity contribution in [2.75, 3.05) is 33.0 Å². The second-order valence-corrected chi connectivity index (χ2v) is 14.2. The first-order valence-corrected chi connectivity index (χ1v) is 21.3. The number of carbonyl (C=O) groups excluding carboxylic acids is 1. The van der Waals surface area contributed by atoms with Crippen molar-refractivity contribution in [2.24, 2.45) is 5.73 Å². The van der Waals surface area contributed by atoms with E-state index in [0.717, 1.165) is 51.4 Å². The third-order valence-electron chi connectivity index (χ3n) is 7.95. The summed E-state index contributed by atoms with van der Waals surface area (Å²) in [7, 11) is -4.29. The molecule has 2 atom stereocenters. The Bertz CT molecular complexity index is 947. The molecule has 0 radical (unpaired) electrons. The molecule has 50 heavy (non-hydrogen) atoms. The molecule has 1 unspecified atom stereocenters. The summed E-state index contributed by atoms with van der Waals surface area (Å²) in [6.07, 6.45) is 45.3. The summed E-state index contributed by atoms with van der Waals surface area (Å²) >= 11 is 0. The van der Waals surface area contributed by atoms with Gasteiger partial charge in [-0.3, -0.25) is 13.8 Å². The maximum atomic E-state index is 12.5. The third-order valence-corrected chi connectivity index (χ3v) is 8.93. The van der Waals surface area contributed by atoms with E-state index in [1.165, 1.54) is 77.0 Å². The fourth-order valence-corrected chi connectivity index (χ4v) is 5.86. The number of nitrogens with two attached hydrogens (primary N) is 1. The average molecular weight is 724 g/mol. The van der Waals surface area contributed by atoms with Gasteiger partial charge >= 0.3 is 13.8 Å². The van der Waals surface area contributed by atoms with Crippen LogP contribution in [0.3, 0.4) is 0 Å². The number of hydrogen-bond acceptors (Lipinski definition) is 7. The van der Waals surface area contributed by atoms with Gasteiger partial charge in [-0.1, -0.05) is 158 Å². The quantitative estimate of drug-likeness (QED) is 0.0281. The molecule has 0 aliphatic rings. The van der Waals surface area contributed by atoms with Crippen molar-refractivity contribution in [3.05, 3.63) is 60.8 Å². The molecule has 0 rings (SSSR count). The number of phosphoric ester groups is 1. The van der Waals surface area contributed by atoms with Gasteiger partial charge in [-0.15, -0.1) is 0 Å². The van der Waals surface area contributed by atoms with Gasteiger partial charge in [0.15, 0.2) is 0 Å². The number of rotatable bonds is 37. The maximum Gasteiger partial charge on any atom is 0.472 e. The van der Waals surface area contributed by atoms with Gasteiger partial charge in [0.25, 0.3) is 0 Å². The summed E-state index contributed by atoms with van der Waals surface area (Å²) in [6.45, 7) is 4.72. The van der Waals surface area contributed by atoms with Gasteiger partial charge in [-0.25, -0.2) is 4.57 Å². The molecule has 290 valence electrons. The maximum absolute atomic E-state index is 12.5. The molecule has 0 aromatic carbocycles. The van der Waals surface area contributed by atoms with E-state index < -0.39 is 13.9 Å².